The van der Waals surface area contributed by atoms with Gasteiger partial charge >= 0.3 is 5.97 Å². The van der Waals surface area contributed by atoms with E-state index in [1.54, 1.807) is 0 Å². The third-order valence-electron chi connectivity index (χ3n) is 3.89. The molecule has 0 radical (unpaired) electrons. The SMILES string of the molecule is CCCn1cc(S(=O)(=O)N2CC(C)CC2C)cc1C(=O)O. The summed E-state index contributed by atoms with van der Waals surface area (Å²) in [5, 5.41) is 9.20. The molecule has 1 aliphatic rings. The minimum absolute atomic E-state index is 0.0234. The molecule has 2 rings (SSSR count). The predicted octanol–water partition coefficient (Wildman–Crippen LogP) is 2.02. The molecule has 2 heterocycles. The number of carboxylic acid groups (broad SMARTS) is 1. The second kappa shape index (κ2) is 5.81. The highest BCUT2D eigenvalue weighted by Crippen LogP contribution is 2.30. The molecule has 1 aromatic rings. The molecule has 2 atom stereocenters. The van der Waals surface area contributed by atoms with Crippen LogP contribution in [0.1, 0.15) is 44.1 Å². The van der Waals surface area contributed by atoms with Gasteiger partial charge in [0.15, 0.2) is 0 Å². The Labute approximate surface area is 125 Å². The highest BCUT2D eigenvalue weighted by Gasteiger charge is 2.37. The van der Waals surface area contributed by atoms with Crippen LogP contribution in [0, 0.1) is 5.92 Å². The number of rotatable bonds is 5. The first kappa shape index (κ1) is 16.0. The third-order valence-corrected chi connectivity index (χ3v) is 5.83. The largest absolute Gasteiger partial charge is 0.477 e. The van der Waals surface area contributed by atoms with Crippen molar-refractivity contribution in [1.29, 1.82) is 0 Å². The Kier molecular flexibility index (Phi) is 4.43. The average molecular weight is 314 g/mol. The molecule has 1 aliphatic heterocycles. The molecule has 1 saturated heterocycles. The van der Waals surface area contributed by atoms with Crippen LogP contribution >= 0.6 is 0 Å². The van der Waals surface area contributed by atoms with Crippen molar-refractivity contribution in [1.82, 2.24) is 8.87 Å². The summed E-state index contributed by atoms with van der Waals surface area (Å²) in [5.74, 6) is -0.779. The summed E-state index contributed by atoms with van der Waals surface area (Å²) in [6.07, 6.45) is 3.02. The van der Waals surface area contributed by atoms with Gasteiger partial charge in [-0.3, -0.25) is 0 Å². The summed E-state index contributed by atoms with van der Waals surface area (Å²) in [4.78, 5) is 11.3. The van der Waals surface area contributed by atoms with Crippen LogP contribution < -0.4 is 0 Å². The zero-order valence-electron chi connectivity index (χ0n) is 12.6. The van der Waals surface area contributed by atoms with Gasteiger partial charge in [-0.15, -0.1) is 0 Å². The topological polar surface area (TPSA) is 79.6 Å². The molecule has 118 valence electrons. The molecular weight excluding hydrogens is 292 g/mol. The molecule has 1 aromatic heterocycles. The predicted molar refractivity (Wildman–Crippen MR) is 78.8 cm³/mol. The van der Waals surface area contributed by atoms with E-state index in [1.165, 1.54) is 21.1 Å². The molecule has 6 nitrogen and oxygen atoms in total. The second-order valence-corrected chi connectivity index (χ2v) is 7.71. The minimum atomic E-state index is -3.63. The van der Waals surface area contributed by atoms with Crippen LogP contribution in [0.2, 0.25) is 0 Å². The van der Waals surface area contributed by atoms with Gasteiger partial charge in [0.1, 0.15) is 10.6 Å². The summed E-state index contributed by atoms with van der Waals surface area (Å²) in [5.41, 5.74) is 0.0234. The van der Waals surface area contributed by atoms with Gasteiger partial charge in [0.25, 0.3) is 0 Å². The van der Waals surface area contributed by atoms with Gasteiger partial charge in [-0.2, -0.15) is 4.31 Å². The van der Waals surface area contributed by atoms with Crippen molar-refractivity contribution >= 4 is 16.0 Å². The Morgan fingerprint density at radius 2 is 2.10 bits per heavy atom. The number of hydrogen-bond acceptors (Lipinski definition) is 3. The zero-order chi connectivity index (χ0) is 15.8. The number of nitrogens with zero attached hydrogens (tertiary/aromatic N) is 2. The van der Waals surface area contributed by atoms with Crippen molar-refractivity contribution in [2.45, 2.75) is 51.1 Å². The lowest BCUT2D eigenvalue weighted by molar-refractivity contribution is 0.0685. The molecular formula is C14H22N2O4S. The van der Waals surface area contributed by atoms with Crippen molar-refractivity contribution in [3.8, 4) is 0 Å². The molecule has 21 heavy (non-hydrogen) atoms. The van der Waals surface area contributed by atoms with E-state index in [-0.39, 0.29) is 16.6 Å². The van der Waals surface area contributed by atoms with E-state index >= 15 is 0 Å². The van der Waals surface area contributed by atoms with E-state index in [1.807, 2.05) is 20.8 Å². The van der Waals surface area contributed by atoms with Gasteiger partial charge in [0.2, 0.25) is 10.0 Å². The number of sulfonamides is 1. The van der Waals surface area contributed by atoms with Crippen molar-refractivity contribution in [3.63, 3.8) is 0 Å². The summed E-state index contributed by atoms with van der Waals surface area (Å²) in [6.45, 7) is 6.82. The van der Waals surface area contributed by atoms with E-state index in [0.29, 0.717) is 19.0 Å². The quantitative estimate of drug-likeness (QED) is 0.901. The van der Waals surface area contributed by atoms with Gasteiger partial charge in [0.05, 0.1) is 0 Å². The lowest BCUT2D eigenvalue weighted by Gasteiger charge is -2.20. The fraction of sp³-hybridized carbons (Fsp3) is 0.643. The summed E-state index contributed by atoms with van der Waals surface area (Å²) in [6, 6.07) is 1.22. The van der Waals surface area contributed by atoms with Crippen molar-refractivity contribution in [3.05, 3.63) is 18.0 Å². The van der Waals surface area contributed by atoms with Crippen molar-refractivity contribution < 1.29 is 18.3 Å². The van der Waals surface area contributed by atoms with Crippen molar-refractivity contribution in [2.75, 3.05) is 6.54 Å². The van der Waals surface area contributed by atoms with Crippen LogP contribution in [0.15, 0.2) is 17.2 Å². The maximum Gasteiger partial charge on any atom is 0.352 e. The number of hydrogen-bond donors (Lipinski definition) is 1. The van der Waals surface area contributed by atoms with E-state index < -0.39 is 16.0 Å². The van der Waals surface area contributed by atoms with E-state index in [4.69, 9.17) is 0 Å². The number of aromatic nitrogens is 1. The summed E-state index contributed by atoms with van der Waals surface area (Å²) >= 11 is 0. The number of aryl methyl sites for hydroxylation is 1. The molecule has 2 unspecified atom stereocenters. The maximum atomic E-state index is 12.7. The van der Waals surface area contributed by atoms with Crippen LogP contribution in [0.3, 0.4) is 0 Å². The van der Waals surface area contributed by atoms with E-state index in [0.717, 1.165) is 12.8 Å². The van der Waals surface area contributed by atoms with Crippen LogP contribution in [-0.4, -0.2) is 41.0 Å². The number of carbonyl (C=O) groups is 1. The molecule has 0 aromatic carbocycles. The molecule has 1 N–H and O–H groups in total. The Balaban J connectivity index is 2.41. The van der Waals surface area contributed by atoms with Crippen LogP contribution in [0.5, 0.6) is 0 Å². The lowest BCUT2D eigenvalue weighted by Crippen LogP contribution is -2.33. The van der Waals surface area contributed by atoms with Crippen LogP contribution in [0.4, 0.5) is 0 Å². The Bertz CT molecular complexity index is 635. The smallest absolute Gasteiger partial charge is 0.352 e. The molecule has 0 bridgehead atoms. The molecule has 0 aliphatic carbocycles. The van der Waals surface area contributed by atoms with E-state index in [9.17, 15) is 18.3 Å². The first-order chi connectivity index (χ1) is 9.77. The first-order valence-electron chi connectivity index (χ1n) is 7.22. The fourth-order valence-electron chi connectivity index (χ4n) is 2.96. The highest BCUT2D eigenvalue weighted by molar-refractivity contribution is 7.89. The van der Waals surface area contributed by atoms with Gasteiger partial charge in [-0.05, 0) is 31.7 Å². The van der Waals surface area contributed by atoms with Crippen LogP contribution in [0.25, 0.3) is 0 Å². The normalized spacial score (nSPS) is 23.6. The van der Waals surface area contributed by atoms with Gasteiger partial charge in [0, 0.05) is 25.3 Å². The molecule has 0 spiro atoms. The molecule has 0 saturated carbocycles. The molecule has 1 fully saturated rings. The second-order valence-electron chi connectivity index (χ2n) is 5.82. The average Bonchev–Trinajstić information content (AvgIpc) is 2.94. The lowest BCUT2D eigenvalue weighted by atomic mass is 10.1. The van der Waals surface area contributed by atoms with Gasteiger partial charge in [-0.1, -0.05) is 13.8 Å². The number of aromatic carboxylic acids is 1. The standard InChI is InChI=1S/C14H22N2O4S/c1-4-5-15-9-12(7-13(15)14(17)18)21(19,20)16-8-10(2)6-11(16)3/h7,9-11H,4-6,8H2,1-3H3,(H,17,18). The fourth-order valence-corrected chi connectivity index (χ4v) is 4.76. The first-order valence-corrected chi connectivity index (χ1v) is 8.66. The summed E-state index contributed by atoms with van der Waals surface area (Å²) in [7, 11) is -3.63. The van der Waals surface area contributed by atoms with E-state index in [2.05, 4.69) is 0 Å². The molecule has 0 amide bonds. The van der Waals surface area contributed by atoms with Crippen LogP contribution in [-0.2, 0) is 16.6 Å². The third kappa shape index (κ3) is 2.98. The highest BCUT2D eigenvalue weighted by atomic mass is 32.2. The Morgan fingerprint density at radius 1 is 1.43 bits per heavy atom. The zero-order valence-corrected chi connectivity index (χ0v) is 13.4. The summed E-state index contributed by atoms with van der Waals surface area (Å²) < 4.78 is 28.4. The molecule has 7 heteroatoms. The maximum absolute atomic E-state index is 12.7. The number of carboxylic acids is 1. The van der Waals surface area contributed by atoms with Gasteiger partial charge < -0.3 is 9.67 Å². The van der Waals surface area contributed by atoms with Gasteiger partial charge in [-0.25, -0.2) is 13.2 Å². The van der Waals surface area contributed by atoms with Crippen molar-refractivity contribution in [2.24, 2.45) is 5.92 Å². The Morgan fingerprint density at radius 3 is 2.57 bits per heavy atom. The minimum Gasteiger partial charge on any atom is -0.477 e. The Hall–Kier alpha value is -1.34. The monoisotopic (exact) mass is 314 g/mol.